The summed E-state index contributed by atoms with van der Waals surface area (Å²) in [6.07, 6.45) is 7.21. The second kappa shape index (κ2) is 11.8. The molecule has 0 unspecified atom stereocenters. The first-order valence-electron chi connectivity index (χ1n) is 13.6. The number of aliphatic carboxylic acids is 1. The van der Waals surface area contributed by atoms with Crippen LogP contribution in [0.15, 0.2) is 96.6 Å². The van der Waals surface area contributed by atoms with Gasteiger partial charge in [0.15, 0.2) is 0 Å². The van der Waals surface area contributed by atoms with Crippen molar-refractivity contribution in [3.05, 3.63) is 113 Å². The van der Waals surface area contributed by atoms with Crippen molar-refractivity contribution >= 4 is 23.4 Å². The molecule has 0 bridgehead atoms. The van der Waals surface area contributed by atoms with E-state index in [0.717, 1.165) is 36.9 Å². The Labute approximate surface area is 230 Å². The highest BCUT2D eigenvalue weighted by Gasteiger charge is 2.19. The monoisotopic (exact) mass is 512 g/mol. The maximum absolute atomic E-state index is 11.1. The van der Waals surface area contributed by atoms with Crippen molar-refractivity contribution in [1.29, 1.82) is 5.26 Å². The third-order valence-electron chi connectivity index (χ3n) is 7.39. The minimum Gasteiger partial charge on any atom is -0.477 e. The Bertz CT molecular complexity index is 1530. The number of aryl methyl sites for hydroxylation is 2. The summed E-state index contributed by atoms with van der Waals surface area (Å²) in [6, 6.07) is 33.7. The lowest BCUT2D eigenvalue weighted by atomic mass is 9.94. The molecule has 4 heteroatoms. The van der Waals surface area contributed by atoms with Gasteiger partial charge in [-0.25, -0.2) is 4.79 Å². The summed E-state index contributed by atoms with van der Waals surface area (Å²) < 4.78 is 0. The summed E-state index contributed by atoms with van der Waals surface area (Å²) in [6.45, 7) is 3.27. The molecule has 4 aromatic rings. The number of nitrogens with zero attached hydrogens (tertiary/aromatic N) is 2. The largest absolute Gasteiger partial charge is 0.477 e. The number of carboxylic acids is 1. The van der Waals surface area contributed by atoms with Crippen LogP contribution in [0, 0.1) is 11.3 Å². The van der Waals surface area contributed by atoms with E-state index in [-0.39, 0.29) is 5.57 Å². The van der Waals surface area contributed by atoms with Crippen LogP contribution in [0.1, 0.15) is 42.9 Å². The standard InChI is InChI=1S/C35H32N2O2/c1-2-3-5-25-9-18-33(19-10-25)37-21-4-6-31-23-30(17-20-34(31)37)29-15-13-28(14-16-29)27-11-7-26(8-12-27)22-32(24-36)35(38)39/h7-20,22-23H,2-6,21H2,1H3,(H,38,39)/b32-22+. The highest BCUT2D eigenvalue weighted by atomic mass is 16.4. The lowest BCUT2D eigenvalue weighted by molar-refractivity contribution is -0.132. The van der Waals surface area contributed by atoms with E-state index in [0.29, 0.717) is 5.56 Å². The second-order valence-corrected chi connectivity index (χ2v) is 10.0. The number of unbranched alkanes of at least 4 members (excludes halogenated alkanes) is 1. The average Bonchev–Trinajstić information content (AvgIpc) is 2.99. The number of nitriles is 1. The summed E-state index contributed by atoms with van der Waals surface area (Å²) in [4.78, 5) is 13.5. The third kappa shape index (κ3) is 5.94. The number of anilines is 2. The quantitative estimate of drug-likeness (QED) is 0.190. The van der Waals surface area contributed by atoms with Crippen molar-refractivity contribution in [3.63, 3.8) is 0 Å². The van der Waals surface area contributed by atoms with Crippen LogP contribution in [-0.2, 0) is 17.6 Å². The van der Waals surface area contributed by atoms with Crippen molar-refractivity contribution in [2.45, 2.75) is 39.0 Å². The van der Waals surface area contributed by atoms with Gasteiger partial charge >= 0.3 is 5.97 Å². The molecule has 1 aliphatic rings. The summed E-state index contributed by atoms with van der Waals surface area (Å²) in [5, 5.41) is 18.0. The molecule has 0 atom stereocenters. The van der Waals surface area contributed by atoms with Crippen LogP contribution in [0.3, 0.4) is 0 Å². The minimum absolute atomic E-state index is 0.277. The van der Waals surface area contributed by atoms with Gasteiger partial charge in [0.05, 0.1) is 0 Å². The zero-order valence-corrected chi connectivity index (χ0v) is 22.2. The number of hydrogen-bond acceptors (Lipinski definition) is 3. The van der Waals surface area contributed by atoms with E-state index >= 15 is 0 Å². The van der Waals surface area contributed by atoms with Crippen molar-refractivity contribution in [2.24, 2.45) is 0 Å². The molecule has 1 N–H and O–H groups in total. The Morgan fingerprint density at radius 2 is 1.51 bits per heavy atom. The molecule has 1 heterocycles. The zero-order valence-electron chi connectivity index (χ0n) is 22.2. The van der Waals surface area contributed by atoms with Gasteiger partial charge in [-0.1, -0.05) is 80.1 Å². The minimum atomic E-state index is -1.22. The van der Waals surface area contributed by atoms with E-state index in [1.54, 1.807) is 6.07 Å². The van der Waals surface area contributed by atoms with E-state index in [1.165, 1.54) is 52.5 Å². The van der Waals surface area contributed by atoms with Crippen molar-refractivity contribution in [2.75, 3.05) is 11.4 Å². The van der Waals surface area contributed by atoms with Crippen molar-refractivity contribution in [3.8, 4) is 28.3 Å². The molecule has 0 aromatic heterocycles. The summed E-state index contributed by atoms with van der Waals surface area (Å²) in [5.41, 5.74) is 10.3. The fraction of sp³-hybridized carbons (Fsp3) is 0.200. The molecule has 1 aliphatic heterocycles. The van der Waals surface area contributed by atoms with Crippen LogP contribution in [0.2, 0.25) is 0 Å². The number of carbonyl (C=O) groups is 1. The smallest absolute Gasteiger partial charge is 0.346 e. The number of fused-ring (bicyclic) bond motifs is 1. The van der Waals surface area contributed by atoms with Gasteiger partial charge in [-0.3, -0.25) is 0 Å². The summed E-state index contributed by atoms with van der Waals surface area (Å²) in [7, 11) is 0. The molecule has 194 valence electrons. The maximum atomic E-state index is 11.1. The number of carboxylic acid groups (broad SMARTS) is 1. The van der Waals surface area contributed by atoms with Crippen LogP contribution in [0.4, 0.5) is 11.4 Å². The molecule has 0 spiro atoms. The fourth-order valence-electron chi connectivity index (χ4n) is 5.20. The topological polar surface area (TPSA) is 64.3 Å². The van der Waals surface area contributed by atoms with Gasteiger partial charge in [0.25, 0.3) is 0 Å². The molecule has 39 heavy (non-hydrogen) atoms. The summed E-state index contributed by atoms with van der Waals surface area (Å²) >= 11 is 0. The van der Waals surface area contributed by atoms with E-state index in [1.807, 2.05) is 24.3 Å². The van der Waals surface area contributed by atoms with Crippen LogP contribution < -0.4 is 4.90 Å². The molecular formula is C35H32N2O2. The second-order valence-electron chi connectivity index (χ2n) is 10.0. The third-order valence-corrected chi connectivity index (χ3v) is 7.39. The van der Waals surface area contributed by atoms with E-state index in [9.17, 15) is 4.79 Å². The van der Waals surface area contributed by atoms with Crippen molar-refractivity contribution < 1.29 is 9.90 Å². The van der Waals surface area contributed by atoms with Gasteiger partial charge < -0.3 is 10.0 Å². The fourth-order valence-corrected chi connectivity index (χ4v) is 5.20. The van der Waals surface area contributed by atoms with Gasteiger partial charge in [0.1, 0.15) is 11.6 Å². The van der Waals surface area contributed by atoms with Gasteiger partial charge in [0, 0.05) is 17.9 Å². The molecule has 0 saturated heterocycles. The average molecular weight is 513 g/mol. The van der Waals surface area contributed by atoms with Crippen LogP contribution in [-0.4, -0.2) is 17.6 Å². The van der Waals surface area contributed by atoms with Gasteiger partial charge in [-0.2, -0.15) is 5.26 Å². The molecule has 4 nitrogen and oxygen atoms in total. The van der Waals surface area contributed by atoms with Crippen molar-refractivity contribution in [1.82, 2.24) is 0 Å². The highest BCUT2D eigenvalue weighted by Crippen LogP contribution is 2.36. The first-order chi connectivity index (χ1) is 19.1. The van der Waals surface area contributed by atoms with E-state index in [2.05, 4.69) is 78.6 Å². The van der Waals surface area contributed by atoms with Crippen LogP contribution in [0.5, 0.6) is 0 Å². The number of hydrogen-bond donors (Lipinski definition) is 1. The molecule has 0 aliphatic carbocycles. The lowest BCUT2D eigenvalue weighted by Gasteiger charge is -2.32. The molecule has 0 amide bonds. The molecule has 0 radical (unpaired) electrons. The number of benzene rings is 4. The van der Waals surface area contributed by atoms with Crippen LogP contribution in [0.25, 0.3) is 28.3 Å². The first kappa shape index (κ1) is 26.0. The lowest BCUT2D eigenvalue weighted by Crippen LogP contribution is -2.24. The predicted octanol–water partition coefficient (Wildman–Crippen LogP) is 8.44. The maximum Gasteiger partial charge on any atom is 0.346 e. The van der Waals surface area contributed by atoms with Crippen LogP contribution >= 0.6 is 0 Å². The molecular weight excluding hydrogens is 480 g/mol. The predicted molar refractivity (Wildman–Crippen MR) is 159 cm³/mol. The molecule has 0 fully saturated rings. The first-order valence-corrected chi connectivity index (χ1v) is 13.6. The van der Waals surface area contributed by atoms with E-state index < -0.39 is 5.97 Å². The highest BCUT2D eigenvalue weighted by molar-refractivity contribution is 5.96. The van der Waals surface area contributed by atoms with Gasteiger partial charge in [-0.15, -0.1) is 0 Å². The SMILES string of the molecule is CCCCc1ccc(N2CCCc3cc(-c4ccc(-c5ccc(/C=C(\C#N)C(=O)O)cc5)cc4)ccc32)cc1. The normalized spacial score (nSPS) is 13.0. The Hall–Kier alpha value is -4.62. The molecule has 5 rings (SSSR count). The number of rotatable bonds is 8. The van der Waals surface area contributed by atoms with Gasteiger partial charge in [-0.05, 0) is 95.0 Å². The summed E-state index contributed by atoms with van der Waals surface area (Å²) in [5.74, 6) is -1.22. The molecule has 0 saturated carbocycles. The molecule has 4 aromatic carbocycles. The Morgan fingerprint density at radius 3 is 2.13 bits per heavy atom. The Morgan fingerprint density at radius 1 is 0.897 bits per heavy atom. The van der Waals surface area contributed by atoms with E-state index in [4.69, 9.17) is 10.4 Å². The zero-order chi connectivity index (χ0) is 27.2. The van der Waals surface area contributed by atoms with Gasteiger partial charge in [0.2, 0.25) is 0 Å². The Kier molecular flexibility index (Phi) is 7.89. The Balaban J connectivity index is 1.33.